The molecule has 0 saturated carbocycles. The lowest BCUT2D eigenvalue weighted by atomic mass is 10.2. The maximum absolute atomic E-state index is 12.7. The summed E-state index contributed by atoms with van der Waals surface area (Å²) < 4.78 is 12.7. The van der Waals surface area contributed by atoms with Crippen molar-refractivity contribution in [3.05, 3.63) is 0 Å². The van der Waals surface area contributed by atoms with Gasteiger partial charge in [-0.15, -0.1) is 12.4 Å². The number of nitrogens with two attached hydrogens (primary N) is 1. The molecule has 0 aliphatic carbocycles. The molecule has 0 bridgehead atoms. The van der Waals surface area contributed by atoms with Crippen LogP contribution in [0.3, 0.4) is 0 Å². The second-order valence-corrected chi connectivity index (χ2v) is 3.52. The van der Waals surface area contributed by atoms with Gasteiger partial charge in [-0.05, 0) is 6.92 Å². The predicted octanol–water partition coefficient (Wildman–Crippen LogP) is -0.428. The number of carbonyl (C=O) groups excluding carboxylic acids is 1. The van der Waals surface area contributed by atoms with Gasteiger partial charge in [0.25, 0.3) is 0 Å². The minimum atomic E-state index is -0.897. The van der Waals surface area contributed by atoms with Crippen LogP contribution in [0.4, 0.5) is 4.39 Å². The van der Waals surface area contributed by atoms with E-state index in [1.165, 1.54) is 0 Å². The summed E-state index contributed by atoms with van der Waals surface area (Å²) in [5, 5.41) is 5.45. The van der Waals surface area contributed by atoms with E-state index in [9.17, 15) is 9.18 Å². The number of halogens is 2. The van der Waals surface area contributed by atoms with Gasteiger partial charge in [-0.2, -0.15) is 0 Å². The summed E-state index contributed by atoms with van der Waals surface area (Å²) in [7, 11) is 0. The van der Waals surface area contributed by atoms with Crippen molar-refractivity contribution in [1.82, 2.24) is 10.6 Å². The van der Waals surface area contributed by atoms with E-state index >= 15 is 0 Å². The molecule has 1 heterocycles. The smallest absolute Gasteiger partial charge is 0.237 e. The second kappa shape index (κ2) is 6.16. The lowest BCUT2D eigenvalue weighted by molar-refractivity contribution is -0.122. The van der Waals surface area contributed by atoms with E-state index in [1.807, 2.05) is 0 Å². The molecular weight excluding hydrogens is 209 g/mol. The van der Waals surface area contributed by atoms with Crippen molar-refractivity contribution < 1.29 is 9.18 Å². The second-order valence-electron chi connectivity index (χ2n) is 3.52. The summed E-state index contributed by atoms with van der Waals surface area (Å²) in [6.45, 7) is 2.52. The van der Waals surface area contributed by atoms with Crippen molar-refractivity contribution in [2.24, 2.45) is 5.73 Å². The Bertz CT molecular complexity index is 191. The molecule has 0 spiro atoms. The van der Waals surface area contributed by atoms with Gasteiger partial charge in [0.05, 0.1) is 6.04 Å². The van der Waals surface area contributed by atoms with Crippen LogP contribution in [0.2, 0.25) is 0 Å². The predicted molar refractivity (Wildman–Crippen MR) is 55.2 cm³/mol. The monoisotopic (exact) mass is 225 g/mol. The van der Waals surface area contributed by atoms with Gasteiger partial charge in [-0.1, -0.05) is 0 Å². The third-order valence-corrected chi connectivity index (χ3v) is 1.99. The van der Waals surface area contributed by atoms with Gasteiger partial charge in [0, 0.05) is 25.6 Å². The van der Waals surface area contributed by atoms with E-state index in [4.69, 9.17) is 5.73 Å². The van der Waals surface area contributed by atoms with E-state index in [0.717, 1.165) is 0 Å². The van der Waals surface area contributed by atoms with E-state index in [-0.39, 0.29) is 43.4 Å². The highest BCUT2D eigenvalue weighted by Gasteiger charge is 2.28. The van der Waals surface area contributed by atoms with E-state index < -0.39 is 6.17 Å². The Hall–Kier alpha value is -0.390. The van der Waals surface area contributed by atoms with Crippen LogP contribution < -0.4 is 16.4 Å². The van der Waals surface area contributed by atoms with Gasteiger partial charge in [0.15, 0.2) is 0 Å². The van der Waals surface area contributed by atoms with Crippen LogP contribution >= 0.6 is 12.4 Å². The lowest BCUT2D eigenvalue weighted by Gasteiger charge is -2.12. The van der Waals surface area contributed by atoms with Gasteiger partial charge in [0.2, 0.25) is 5.91 Å². The molecule has 1 saturated heterocycles. The SMILES string of the molecule is CC(N)CNC(=O)[C@@H]1C[C@@H](F)CN1.Cl. The van der Waals surface area contributed by atoms with Crippen molar-refractivity contribution in [3.63, 3.8) is 0 Å². The Morgan fingerprint density at radius 2 is 2.43 bits per heavy atom. The molecule has 14 heavy (non-hydrogen) atoms. The van der Waals surface area contributed by atoms with Crippen molar-refractivity contribution in [3.8, 4) is 0 Å². The van der Waals surface area contributed by atoms with Crippen molar-refractivity contribution >= 4 is 18.3 Å². The molecule has 0 radical (unpaired) electrons. The fraction of sp³-hybridized carbons (Fsp3) is 0.875. The quantitative estimate of drug-likeness (QED) is 0.611. The summed E-state index contributed by atoms with van der Waals surface area (Å²) in [6, 6.07) is -0.444. The first-order chi connectivity index (χ1) is 6.09. The van der Waals surface area contributed by atoms with Crippen LogP contribution in [0.25, 0.3) is 0 Å². The third-order valence-electron chi connectivity index (χ3n) is 1.99. The number of nitrogens with one attached hydrogen (secondary N) is 2. The largest absolute Gasteiger partial charge is 0.353 e. The number of rotatable bonds is 3. The van der Waals surface area contributed by atoms with Crippen LogP contribution in [-0.2, 0) is 4.79 Å². The fourth-order valence-corrected chi connectivity index (χ4v) is 1.28. The fourth-order valence-electron chi connectivity index (χ4n) is 1.28. The zero-order chi connectivity index (χ0) is 9.84. The summed E-state index contributed by atoms with van der Waals surface area (Å²) in [5.74, 6) is -0.155. The minimum Gasteiger partial charge on any atom is -0.353 e. The Kier molecular flexibility index (Phi) is 5.99. The van der Waals surface area contributed by atoms with Crippen LogP contribution in [0.5, 0.6) is 0 Å². The van der Waals surface area contributed by atoms with Crippen molar-refractivity contribution in [2.75, 3.05) is 13.1 Å². The van der Waals surface area contributed by atoms with Crippen molar-refractivity contribution in [1.29, 1.82) is 0 Å². The zero-order valence-corrected chi connectivity index (χ0v) is 8.94. The average molecular weight is 226 g/mol. The number of hydrogen-bond donors (Lipinski definition) is 3. The van der Waals surface area contributed by atoms with Gasteiger partial charge in [0.1, 0.15) is 6.17 Å². The molecule has 4 N–H and O–H groups in total. The average Bonchev–Trinajstić information content (AvgIpc) is 2.47. The number of amides is 1. The van der Waals surface area contributed by atoms with Gasteiger partial charge < -0.3 is 16.4 Å². The Morgan fingerprint density at radius 3 is 2.86 bits per heavy atom. The third kappa shape index (κ3) is 4.21. The van der Waals surface area contributed by atoms with Crippen LogP contribution in [0, 0.1) is 0 Å². The highest BCUT2D eigenvalue weighted by molar-refractivity contribution is 5.85. The molecule has 1 unspecified atom stereocenters. The first-order valence-electron chi connectivity index (χ1n) is 4.50. The molecule has 4 nitrogen and oxygen atoms in total. The zero-order valence-electron chi connectivity index (χ0n) is 8.13. The number of carbonyl (C=O) groups is 1. The molecule has 1 aliphatic heterocycles. The van der Waals surface area contributed by atoms with Crippen LogP contribution in [-0.4, -0.2) is 37.3 Å². The molecule has 1 rings (SSSR count). The van der Waals surface area contributed by atoms with Gasteiger partial charge >= 0.3 is 0 Å². The maximum atomic E-state index is 12.7. The molecule has 1 aliphatic rings. The molecule has 1 fully saturated rings. The van der Waals surface area contributed by atoms with E-state index in [1.54, 1.807) is 6.92 Å². The highest BCUT2D eigenvalue weighted by atomic mass is 35.5. The van der Waals surface area contributed by atoms with Gasteiger partial charge in [-0.3, -0.25) is 4.79 Å². The normalized spacial score (nSPS) is 27.9. The first kappa shape index (κ1) is 13.6. The Labute approximate surface area is 89.2 Å². The summed E-state index contributed by atoms with van der Waals surface area (Å²) in [4.78, 5) is 11.3. The lowest BCUT2D eigenvalue weighted by Crippen LogP contribution is -2.44. The molecular formula is C8H17ClFN3O. The molecule has 0 aromatic rings. The number of hydrogen-bond acceptors (Lipinski definition) is 3. The Balaban J connectivity index is 0.00000169. The summed E-state index contributed by atoms with van der Waals surface area (Å²) in [6.07, 6.45) is -0.629. The topological polar surface area (TPSA) is 67.1 Å². The molecule has 3 atom stereocenters. The van der Waals surface area contributed by atoms with E-state index in [2.05, 4.69) is 10.6 Å². The van der Waals surface area contributed by atoms with Crippen LogP contribution in [0.15, 0.2) is 0 Å². The first-order valence-corrected chi connectivity index (χ1v) is 4.50. The maximum Gasteiger partial charge on any atom is 0.237 e. The van der Waals surface area contributed by atoms with Crippen molar-refractivity contribution in [2.45, 2.75) is 31.6 Å². The van der Waals surface area contributed by atoms with Gasteiger partial charge in [-0.25, -0.2) is 4.39 Å². The molecule has 6 heteroatoms. The molecule has 1 amide bonds. The molecule has 0 aromatic carbocycles. The Morgan fingerprint density at radius 1 is 1.79 bits per heavy atom. The number of alkyl halides is 1. The summed E-state index contributed by atoms with van der Waals surface area (Å²) in [5.41, 5.74) is 5.46. The molecule has 0 aromatic heterocycles. The van der Waals surface area contributed by atoms with E-state index in [0.29, 0.717) is 6.54 Å². The summed E-state index contributed by atoms with van der Waals surface area (Å²) >= 11 is 0. The highest BCUT2D eigenvalue weighted by Crippen LogP contribution is 2.09. The standard InChI is InChI=1S/C8H16FN3O.ClH/c1-5(10)3-12-8(13)7-2-6(9)4-11-7;/h5-7,11H,2-4,10H2,1H3,(H,12,13);1H/t5?,6-,7+;/m1./s1. The molecule has 84 valence electrons. The minimum absolute atomic E-state index is 0. The van der Waals surface area contributed by atoms with Crippen LogP contribution in [0.1, 0.15) is 13.3 Å².